The predicted octanol–water partition coefficient (Wildman–Crippen LogP) is 5.82. The number of Topliss-reactive ketones (excluding diaryl/α,β-unsaturated/α-hetero) is 2. The molecule has 22 heavy (non-hydrogen) atoms. The van der Waals surface area contributed by atoms with E-state index in [-0.39, 0.29) is 17.0 Å². The summed E-state index contributed by atoms with van der Waals surface area (Å²) in [5.41, 5.74) is 7.92. The average molecular weight is 306 g/mol. The van der Waals surface area contributed by atoms with Crippen LogP contribution in [0.4, 0.5) is 0 Å². The molecule has 2 heteroatoms. The van der Waals surface area contributed by atoms with Crippen molar-refractivity contribution in [3.05, 3.63) is 28.0 Å². The Morgan fingerprint density at radius 1 is 0.818 bits per heavy atom. The molecule has 0 N–H and O–H groups in total. The molecule has 0 saturated heterocycles. The lowest BCUT2D eigenvalue weighted by Gasteiger charge is -2.25. The number of carbonyl (C=O) groups is 2. The van der Waals surface area contributed by atoms with Gasteiger partial charge in [0.2, 0.25) is 0 Å². The topological polar surface area (TPSA) is 34.1 Å². The van der Waals surface area contributed by atoms with Gasteiger partial charge in [-0.3, -0.25) is 9.59 Å². The SMILES string of the molecule is CC(=O)CC(C)(C)C(C)=C(C)C.CC(=O)CC(C)=C=C(C)C. The van der Waals surface area contributed by atoms with Crippen LogP contribution >= 0.6 is 0 Å². The summed E-state index contributed by atoms with van der Waals surface area (Å²) in [5, 5.41) is 0. The van der Waals surface area contributed by atoms with Gasteiger partial charge in [0.15, 0.2) is 0 Å². The summed E-state index contributed by atoms with van der Waals surface area (Å²) in [6.45, 7) is 19.7. The average Bonchev–Trinajstić information content (AvgIpc) is 2.24. The highest BCUT2D eigenvalue weighted by molar-refractivity contribution is 5.78. The largest absolute Gasteiger partial charge is 0.300 e. The summed E-state index contributed by atoms with van der Waals surface area (Å²) in [5.74, 6) is 0.465. The van der Waals surface area contributed by atoms with Gasteiger partial charge in [0.05, 0.1) is 0 Å². The molecule has 0 heterocycles. The molecule has 0 aliphatic heterocycles. The Hall–Kier alpha value is -1.40. The molecule has 0 spiro atoms. The van der Waals surface area contributed by atoms with Gasteiger partial charge in [0.25, 0.3) is 0 Å². The van der Waals surface area contributed by atoms with E-state index in [1.165, 1.54) is 11.1 Å². The van der Waals surface area contributed by atoms with Crippen LogP contribution in [0.25, 0.3) is 0 Å². The van der Waals surface area contributed by atoms with E-state index in [0.29, 0.717) is 12.8 Å². The van der Waals surface area contributed by atoms with Crippen LogP contribution in [0.15, 0.2) is 28.0 Å². The second-order valence-electron chi connectivity index (χ2n) is 7.17. The Morgan fingerprint density at radius 3 is 1.55 bits per heavy atom. The fourth-order valence-electron chi connectivity index (χ4n) is 2.28. The van der Waals surface area contributed by atoms with E-state index in [2.05, 4.69) is 40.3 Å². The first-order chi connectivity index (χ1) is 9.79. The number of hydrogen-bond donors (Lipinski definition) is 0. The zero-order valence-electron chi connectivity index (χ0n) is 16.2. The van der Waals surface area contributed by atoms with Crippen LogP contribution in [0, 0.1) is 5.41 Å². The van der Waals surface area contributed by atoms with E-state index >= 15 is 0 Å². The summed E-state index contributed by atoms with van der Waals surface area (Å²) in [6, 6.07) is 0. The van der Waals surface area contributed by atoms with Gasteiger partial charge < -0.3 is 0 Å². The third-order valence-corrected chi connectivity index (χ3v) is 3.43. The van der Waals surface area contributed by atoms with Gasteiger partial charge >= 0.3 is 0 Å². The van der Waals surface area contributed by atoms with E-state index in [9.17, 15) is 9.59 Å². The molecule has 0 aromatic rings. The first-order valence-corrected chi connectivity index (χ1v) is 7.82. The molecule has 0 rings (SSSR count). The minimum Gasteiger partial charge on any atom is -0.300 e. The standard InChI is InChI=1S/C11H20O.C9H14O/c1-8(2)10(4)11(5,6)7-9(3)12;1-7(2)5-8(3)6-9(4)10/h7H2,1-6H3;6H2,1-4H3. The van der Waals surface area contributed by atoms with Gasteiger partial charge in [0, 0.05) is 12.8 Å². The Kier molecular flexibility index (Phi) is 10.8. The van der Waals surface area contributed by atoms with Crippen LogP contribution in [-0.2, 0) is 9.59 Å². The van der Waals surface area contributed by atoms with Gasteiger partial charge in [-0.05, 0) is 72.0 Å². The molecule has 0 atom stereocenters. The molecule has 0 aliphatic rings. The van der Waals surface area contributed by atoms with Crippen molar-refractivity contribution in [2.45, 2.75) is 82.1 Å². The fourth-order valence-corrected chi connectivity index (χ4v) is 2.28. The van der Waals surface area contributed by atoms with Gasteiger partial charge in [-0.25, -0.2) is 0 Å². The third-order valence-electron chi connectivity index (χ3n) is 3.43. The van der Waals surface area contributed by atoms with Crippen molar-refractivity contribution >= 4 is 11.6 Å². The van der Waals surface area contributed by atoms with Crippen LogP contribution in [-0.4, -0.2) is 11.6 Å². The summed E-state index contributed by atoms with van der Waals surface area (Å²) in [7, 11) is 0. The van der Waals surface area contributed by atoms with Crippen LogP contribution in [0.2, 0.25) is 0 Å². The van der Waals surface area contributed by atoms with Crippen molar-refractivity contribution < 1.29 is 9.59 Å². The molecular formula is C20H34O2. The molecule has 0 unspecified atom stereocenters. The summed E-state index contributed by atoms with van der Waals surface area (Å²) >= 11 is 0. The number of hydrogen-bond acceptors (Lipinski definition) is 2. The molecule has 0 aromatic carbocycles. The summed E-state index contributed by atoms with van der Waals surface area (Å²) < 4.78 is 0. The maximum atomic E-state index is 11.0. The first kappa shape index (κ1) is 22.9. The van der Waals surface area contributed by atoms with Crippen LogP contribution in [0.1, 0.15) is 82.1 Å². The number of ketones is 2. The minimum atomic E-state index is 0.0324. The lowest BCUT2D eigenvalue weighted by atomic mass is 9.79. The molecule has 0 saturated carbocycles. The molecule has 0 aromatic heterocycles. The molecule has 0 amide bonds. The lowest BCUT2D eigenvalue weighted by Crippen LogP contribution is -2.17. The summed E-state index contributed by atoms with van der Waals surface area (Å²) in [4.78, 5) is 21.5. The maximum Gasteiger partial charge on any atom is 0.134 e. The van der Waals surface area contributed by atoms with Gasteiger partial charge in [-0.15, -0.1) is 5.73 Å². The van der Waals surface area contributed by atoms with Crippen molar-refractivity contribution in [2.24, 2.45) is 5.41 Å². The monoisotopic (exact) mass is 306 g/mol. The second-order valence-corrected chi connectivity index (χ2v) is 7.17. The summed E-state index contributed by atoms with van der Waals surface area (Å²) in [6.07, 6.45) is 1.18. The number of carbonyl (C=O) groups excluding carboxylic acids is 2. The quantitative estimate of drug-likeness (QED) is 0.473. The number of rotatable bonds is 5. The predicted molar refractivity (Wildman–Crippen MR) is 96.0 cm³/mol. The fraction of sp³-hybridized carbons (Fsp3) is 0.650. The smallest absolute Gasteiger partial charge is 0.134 e. The highest BCUT2D eigenvalue weighted by atomic mass is 16.1. The molecular weight excluding hydrogens is 272 g/mol. The van der Waals surface area contributed by atoms with Crippen LogP contribution < -0.4 is 0 Å². The minimum absolute atomic E-state index is 0.0324. The van der Waals surface area contributed by atoms with Crippen LogP contribution in [0.3, 0.4) is 0 Å². The Bertz CT molecular complexity index is 488. The van der Waals surface area contributed by atoms with Crippen molar-refractivity contribution in [3.8, 4) is 0 Å². The highest BCUT2D eigenvalue weighted by Gasteiger charge is 2.22. The Labute approximate surface area is 137 Å². The zero-order chi connectivity index (χ0) is 18.1. The molecule has 2 nitrogen and oxygen atoms in total. The zero-order valence-corrected chi connectivity index (χ0v) is 16.2. The molecule has 0 radical (unpaired) electrons. The van der Waals surface area contributed by atoms with Crippen molar-refractivity contribution in [1.29, 1.82) is 0 Å². The first-order valence-electron chi connectivity index (χ1n) is 7.82. The number of allylic oxidation sites excluding steroid dienone is 3. The van der Waals surface area contributed by atoms with E-state index in [4.69, 9.17) is 0 Å². The van der Waals surface area contributed by atoms with Crippen molar-refractivity contribution in [1.82, 2.24) is 0 Å². The highest BCUT2D eigenvalue weighted by Crippen LogP contribution is 2.31. The molecule has 0 bridgehead atoms. The van der Waals surface area contributed by atoms with Crippen LogP contribution in [0.5, 0.6) is 0 Å². The molecule has 0 fully saturated rings. The van der Waals surface area contributed by atoms with Crippen molar-refractivity contribution in [2.75, 3.05) is 0 Å². The van der Waals surface area contributed by atoms with Gasteiger partial charge in [-0.2, -0.15) is 0 Å². The van der Waals surface area contributed by atoms with Gasteiger partial charge in [0.1, 0.15) is 11.6 Å². The van der Waals surface area contributed by atoms with Crippen molar-refractivity contribution in [3.63, 3.8) is 0 Å². The van der Waals surface area contributed by atoms with Gasteiger partial charge in [-0.1, -0.05) is 25.0 Å². The van der Waals surface area contributed by atoms with E-state index in [0.717, 1.165) is 11.1 Å². The Balaban J connectivity index is 0. The molecule has 0 aliphatic carbocycles. The van der Waals surface area contributed by atoms with E-state index < -0.39 is 0 Å². The lowest BCUT2D eigenvalue weighted by molar-refractivity contribution is -0.118. The molecule has 126 valence electrons. The Morgan fingerprint density at radius 2 is 1.27 bits per heavy atom. The second kappa shape index (κ2) is 10.3. The van der Waals surface area contributed by atoms with E-state index in [1.807, 2.05) is 20.8 Å². The third kappa shape index (κ3) is 12.3. The normalized spacial score (nSPS) is 9.91. The van der Waals surface area contributed by atoms with E-state index in [1.54, 1.807) is 13.8 Å². The maximum absolute atomic E-state index is 11.0.